The average molecular weight is 387 g/mol. The van der Waals surface area contributed by atoms with Crippen LogP contribution >= 0.6 is 23.1 Å². The van der Waals surface area contributed by atoms with E-state index in [4.69, 9.17) is 0 Å². The van der Waals surface area contributed by atoms with Crippen LogP contribution in [0.2, 0.25) is 0 Å². The van der Waals surface area contributed by atoms with Gasteiger partial charge in [0.2, 0.25) is 5.91 Å². The minimum absolute atomic E-state index is 0.0366. The molecule has 26 heavy (non-hydrogen) atoms. The topological polar surface area (TPSA) is 59.8 Å². The molecule has 0 saturated carbocycles. The summed E-state index contributed by atoms with van der Waals surface area (Å²) in [6, 6.07) is 10.2. The van der Waals surface area contributed by atoms with Crippen molar-refractivity contribution in [2.24, 2.45) is 0 Å². The van der Waals surface area contributed by atoms with Crippen molar-refractivity contribution in [3.8, 4) is 0 Å². The predicted molar refractivity (Wildman–Crippen MR) is 108 cm³/mol. The van der Waals surface area contributed by atoms with Crippen molar-refractivity contribution in [1.29, 1.82) is 0 Å². The molecule has 2 aromatic heterocycles. The van der Waals surface area contributed by atoms with Crippen LogP contribution in [0, 0.1) is 13.8 Å². The van der Waals surface area contributed by atoms with Gasteiger partial charge in [0, 0.05) is 23.5 Å². The van der Waals surface area contributed by atoms with Crippen molar-refractivity contribution < 1.29 is 4.79 Å². The van der Waals surface area contributed by atoms with Crippen molar-refractivity contribution >= 4 is 34.7 Å². The van der Waals surface area contributed by atoms with Crippen molar-refractivity contribution in [2.45, 2.75) is 38.9 Å². The molecule has 2 heterocycles. The molecular formula is C19H22N4OS2. The number of nitrogens with zero attached hydrogens (tertiary/aromatic N) is 3. The van der Waals surface area contributed by atoms with Gasteiger partial charge in [-0.2, -0.15) is 0 Å². The zero-order chi connectivity index (χ0) is 18.5. The monoisotopic (exact) mass is 386 g/mol. The number of hydrogen-bond donors (Lipinski definition) is 1. The molecule has 0 aliphatic rings. The molecule has 0 fully saturated rings. The van der Waals surface area contributed by atoms with Gasteiger partial charge in [0.1, 0.15) is 5.82 Å². The fourth-order valence-electron chi connectivity index (χ4n) is 2.82. The Hall–Kier alpha value is -2.12. The second-order valence-corrected chi connectivity index (χ2v) is 8.09. The summed E-state index contributed by atoms with van der Waals surface area (Å²) in [7, 11) is 0. The van der Waals surface area contributed by atoms with E-state index in [0.717, 1.165) is 40.8 Å². The molecule has 3 aromatic rings. The Morgan fingerprint density at radius 1 is 1.23 bits per heavy atom. The standard InChI is InChI=1S/C19H22N4OS2/c1-4-23-17(11-16-6-5-7-25-16)21-22-19(23)26-12-18(24)20-15-9-13(2)8-14(3)10-15/h5-10H,4,11-12H2,1-3H3,(H,20,24). The molecule has 0 spiro atoms. The summed E-state index contributed by atoms with van der Waals surface area (Å²) in [5.74, 6) is 1.21. The Morgan fingerprint density at radius 2 is 2.00 bits per heavy atom. The normalized spacial score (nSPS) is 10.9. The van der Waals surface area contributed by atoms with Gasteiger partial charge in [-0.05, 0) is 55.5 Å². The van der Waals surface area contributed by atoms with Gasteiger partial charge in [-0.1, -0.05) is 23.9 Å². The number of aryl methyl sites for hydroxylation is 2. The number of carbonyl (C=O) groups excluding carboxylic acids is 1. The van der Waals surface area contributed by atoms with E-state index in [9.17, 15) is 4.79 Å². The van der Waals surface area contributed by atoms with Crippen LogP contribution in [-0.4, -0.2) is 26.4 Å². The Balaban J connectivity index is 1.62. The van der Waals surface area contributed by atoms with Crippen LogP contribution in [-0.2, 0) is 17.8 Å². The third-order valence-corrected chi connectivity index (χ3v) is 5.70. The van der Waals surface area contributed by atoms with Gasteiger partial charge in [-0.25, -0.2) is 0 Å². The third kappa shape index (κ3) is 4.74. The molecule has 136 valence electrons. The maximum Gasteiger partial charge on any atom is 0.234 e. The van der Waals surface area contributed by atoms with Gasteiger partial charge in [-0.15, -0.1) is 21.5 Å². The van der Waals surface area contributed by atoms with Crippen LogP contribution in [0.1, 0.15) is 28.8 Å². The maximum absolute atomic E-state index is 12.3. The fraction of sp³-hybridized carbons (Fsp3) is 0.316. The highest BCUT2D eigenvalue weighted by Gasteiger charge is 2.14. The van der Waals surface area contributed by atoms with Gasteiger partial charge in [0.05, 0.1) is 5.75 Å². The van der Waals surface area contributed by atoms with E-state index in [2.05, 4.69) is 44.5 Å². The Kier molecular flexibility index (Phi) is 6.11. The van der Waals surface area contributed by atoms with Gasteiger partial charge in [-0.3, -0.25) is 4.79 Å². The number of aromatic nitrogens is 3. The quantitative estimate of drug-likeness (QED) is 0.615. The Bertz CT molecular complexity index is 867. The van der Waals surface area contributed by atoms with Crippen LogP contribution in [0.3, 0.4) is 0 Å². The van der Waals surface area contributed by atoms with E-state index >= 15 is 0 Å². The minimum Gasteiger partial charge on any atom is -0.325 e. The molecule has 5 nitrogen and oxygen atoms in total. The summed E-state index contributed by atoms with van der Waals surface area (Å²) in [5.41, 5.74) is 3.11. The number of nitrogens with one attached hydrogen (secondary N) is 1. The average Bonchev–Trinajstić information content (AvgIpc) is 3.22. The molecule has 3 rings (SSSR count). The fourth-order valence-corrected chi connectivity index (χ4v) is 4.34. The molecule has 0 bridgehead atoms. The second-order valence-electron chi connectivity index (χ2n) is 6.11. The highest BCUT2D eigenvalue weighted by atomic mass is 32.2. The largest absolute Gasteiger partial charge is 0.325 e. The van der Waals surface area contributed by atoms with E-state index in [1.54, 1.807) is 11.3 Å². The van der Waals surface area contributed by atoms with E-state index < -0.39 is 0 Å². The van der Waals surface area contributed by atoms with Crippen LogP contribution in [0.4, 0.5) is 5.69 Å². The van der Waals surface area contributed by atoms with Crippen LogP contribution in [0.15, 0.2) is 40.9 Å². The minimum atomic E-state index is -0.0366. The smallest absolute Gasteiger partial charge is 0.234 e. The molecule has 0 radical (unpaired) electrons. The molecular weight excluding hydrogens is 364 g/mol. The number of benzene rings is 1. The molecule has 0 unspecified atom stereocenters. The molecule has 1 aromatic carbocycles. The summed E-state index contributed by atoms with van der Waals surface area (Å²) in [6.07, 6.45) is 0.772. The second kappa shape index (κ2) is 8.51. The summed E-state index contributed by atoms with van der Waals surface area (Å²) in [6.45, 7) is 6.90. The number of hydrogen-bond acceptors (Lipinski definition) is 5. The summed E-state index contributed by atoms with van der Waals surface area (Å²) < 4.78 is 2.08. The summed E-state index contributed by atoms with van der Waals surface area (Å²) in [5, 5.41) is 14.4. The number of thioether (sulfide) groups is 1. The van der Waals surface area contributed by atoms with Gasteiger partial charge >= 0.3 is 0 Å². The molecule has 0 aliphatic heterocycles. The first-order valence-corrected chi connectivity index (χ1v) is 10.4. The molecule has 0 saturated heterocycles. The van der Waals surface area contributed by atoms with Crippen molar-refractivity contribution in [2.75, 3.05) is 11.1 Å². The molecule has 1 amide bonds. The number of anilines is 1. The first-order chi connectivity index (χ1) is 12.5. The van der Waals surface area contributed by atoms with Crippen molar-refractivity contribution in [3.63, 3.8) is 0 Å². The molecule has 7 heteroatoms. The Morgan fingerprint density at radius 3 is 2.65 bits per heavy atom. The van der Waals surface area contributed by atoms with E-state index in [-0.39, 0.29) is 5.91 Å². The lowest BCUT2D eigenvalue weighted by atomic mass is 10.1. The zero-order valence-electron chi connectivity index (χ0n) is 15.2. The highest BCUT2D eigenvalue weighted by Crippen LogP contribution is 2.21. The highest BCUT2D eigenvalue weighted by molar-refractivity contribution is 7.99. The lowest BCUT2D eigenvalue weighted by molar-refractivity contribution is -0.113. The predicted octanol–water partition coefficient (Wildman–Crippen LogP) is 4.30. The van der Waals surface area contributed by atoms with Crippen molar-refractivity contribution in [3.05, 3.63) is 57.5 Å². The molecule has 0 aliphatic carbocycles. The first kappa shape index (κ1) is 18.7. The van der Waals surface area contributed by atoms with Crippen LogP contribution in [0.5, 0.6) is 0 Å². The maximum atomic E-state index is 12.3. The third-order valence-electron chi connectivity index (χ3n) is 3.86. The van der Waals surface area contributed by atoms with Gasteiger partial charge in [0.25, 0.3) is 0 Å². The number of amides is 1. The molecule has 1 N–H and O–H groups in total. The van der Waals surface area contributed by atoms with Crippen LogP contribution < -0.4 is 5.32 Å². The number of carbonyl (C=O) groups is 1. The summed E-state index contributed by atoms with van der Waals surface area (Å²) in [4.78, 5) is 13.5. The Labute approximate surface area is 161 Å². The van der Waals surface area contributed by atoms with E-state index in [0.29, 0.717) is 5.75 Å². The SMILES string of the molecule is CCn1c(Cc2cccs2)nnc1SCC(=O)Nc1cc(C)cc(C)c1. The van der Waals surface area contributed by atoms with Gasteiger partial charge in [0.15, 0.2) is 5.16 Å². The molecule has 0 atom stereocenters. The number of thiophene rings is 1. The number of rotatable bonds is 7. The lowest BCUT2D eigenvalue weighted by Crippen LogP contribution is -2.15. The first-order valence-electron chi connectivity index (χ1n) is 8.50. The van der Waals surface area contributed by atoms with Crippen LogP contribution in [0.25, 0.3) is 0 Å². The lowest BCUT2D eigenvalue weighted by Gasteiger charge is -2.08. The van der Waals surface area contributed by atoms with Gasteiger partial charge < -0.3 is 9.88 Å². The van der Waals surface area contributed by atoms with E-state index in [1.807, 2.05) is 32.0 Å². The van der Waals surface area contributed by atoms with E-state index in [1.165, 1.54) is 16.6 Å². The zero-order valence-corrected chi connectivity index (χ0v) is 16.8. The van der Waals surface area contributed by atoms with Crippen molar-refractivity contribution in [1.82, 2.24) is 14.8 Å². The summed E-state index contributed by atoms with van der Waals surface area (Å²) >= 11 is 3.14.